The highest BCUT2D eigenvalue weighted by molar-refractivity contribution is 5.71. The van der Waals surface area contributed by atoms with E-state index in [1.54, 1.807) is 0 Å². The fraction of sp³-hybridized carbons (Fsp3) is 0.921. The van der Waals surface area contributed by atoms with Crippen molar-refractivity contribution >= 4 is 17.9 Å². The molecule has 0 bridgehead atoms. The van der Waals surface area contributed by atoms with E-state index >= 15 is 0 Å². The van der Waals surface area contributed by atoms with Crippen LogP contribution in [-0.4, -0.2) is 37.2 Å². The van der Waals surface area contributed by atoms with Crippen LogP contribution < -0.4 is 0 Å². The van der Waals surface area contributed by atoms with E-state index in [2.05, 4.69) is 27.7 Å². The summed E-state index contributed by atoms with van der Waals surface area (Å²) < 4.78 is 16.5. The van der Waals surface area contributed by atoms with Gasteiger partial charge < -0.3 is 14.2 Å². The van der Waals surface area contributed by atoms with Crippen molar-refractivity contribution in [2.24, 2.45) is 5.92 Å². The third-order valence-corrected chi connectivity index (χ3v) is 8.29. The van der Waals surface area contributed by atoms with Gasteiger partial charge in [-0.1, -0.05) is 163 Å². The summed E-state index contributed by atoms with van der Waals surface area (Å²) in [6.45, 7) is 8.82. The van der Waals surface area contributed by atoms with Crippen LogP contribution in [-0.2, 0) is 28.6 Å². The molecule has 6 nitrogen and oxygen atoms in total. The van der Waals surface area contributed by atoms with Gasteiger partial charge in [0.25, 0.3) is 0 Å². The lowest BCUT2D eigenvalue weighted by atomic mass is 10.0. The zero-order chi connectivity index (χ0) is 32.5. The number of rotatable bonds is 33. The van der Waals surface area contributed by atoms with Crippen LogP contribution in [0.5, 0.6) is 0 Å². The number of ether oxygens (including phenoxy) is 3. The van der Waals surface area contributed by atoms with E-state index in [-0.39, 0.29) is 31.1 Å². The monoisotopic (exact) mass is 625 g/mol. The maximum absolute atomic E-state index is 12.4. The van der Waals surface area contributed by atoms with Crippen LogP contribution >= 0.6 is 0 Å². The van der Waals surface area contributed by atoms with E-state index in [0.29, 0.717) is 19.3 Å². The molecule has 0 spiro atoms. The lowest BCUT2D eigenvalue weighted by Gasteiger charge is -2.18. The van der Waals surface area contributed by atoms with Gasteiger partial charge in [-0.3, -0.25) is 14.4 Å². The van der Waals surface area contributed by atoms with E-state index in [4.69, 9.17) is 14.2 Å². The van der Waals surface area contributed by atoms with Crippen LogP contribution in [0.3, 0.4) is 0 Å². The Morgan fingerprint density at radius 1 is 0.432 bits per heavy atom. The van der Waals surface area contributed by atoms with Gasteiger partial charge in [0.1, 0.15) is 13.2 Å². The van der Waals surface area contributed by atoms with E-state index in [0.717, 1.165) is 70.1 Å². The first-order valence-corrected chi connectivity index (χ1v) is 18.9. The van der Waals surface area contributed by atoms with E-state index in [1.807, 2.05) is 0 Å². The maximum atomic E-state index is 12.4. The molecule has 6 heteroatoms. The molecule has 0 aromatic rings. The summed E-state index contributed by atoms with van der Waals surface area (Å²) in [4.78, 5) is 37.1. The summed E-state index contributed by atoms with van der Waals surface area (Å²) in [5, 5.41) is 0. The van der Waals surface area contributed by atoms with Gasteiger partial charge in [-0.15, -0.1) is 0 Å². The normalized spacial score (nSPS) is 11.9. The highest BCUT2D eigenvalue weighted by Gasteiger charge is 2.19. The fourth-order valence-electron chi connectivity index (χ4n) is 5.39. The standard InChI is InChI=1S/C38H72O6/c1-5-7-9-11-12-13-14-15-18-22-25-29-36(39)42-32-35(44-38(41)31-27-20-10-8-6-2)33-43-37(40)30-26-23-19-16-17-21-24-28-34(3)4/h34-35H,5-33H2,1-4H3/t35-/m0/s1. The topological polar surface area (TPSA) is 78.9 Å². The average Bonchev–Trinajstić information content (AvgIpc) is 3.00. The van der Waals surface area contributed by atoms with Crippen LogP contribution in [0.15, 0.2) is 0 Å². The quantitative estimate of drug-likeness (QED) is 0.0410. The molecule has 260 valence electrons. The van der Waals surface area contributed by atoms with Gasteiger partial charge in [0.2, 0.25) is 0 Å². The molecule has 44 heavy (non-hydrogen) atoms. The number of esters is 3. The predicted octanol–water partition coefficient (Wildman–Crippen LogP) is 11.2. The molecular formula is C38H72O6. The minimum absolute atomic E-state index is 0.0669. The van der Waals surface area contributed by atoms with Gasteiger partial charge in [0, 0.05) is 19.3 Å². The molecule has 0 aliphatic rings. The van der Waals surface area contributed by atoms with Crippen LogP contribution in [0, 0.1) is 5.92 Å². The Hall–Kier alpha value is -1.59. The Labute approximate surface area is 272 Å². The van der Waals surface area contributed by atoms with Crippen LogP contribution in [0.4, 0.5) is 0 Å². The van der Waals surface area contributed by atoms with Gasteiger partial charge in [0.15, 0.2) is 6.10 Å². The Morgan fingerprint density at radius 2 is 0.750 bits per heavy atom. The first kappa shape index (κ1) is 42.4. The highest BCUT2D eigenvalue weighted by Crippen LogP contribution is 2.14. The Bertz CT molecular complexity index is 662. The first-order chi connectivity index (χ1) is 21.4. The molecule has 0 aliphatic heterocycles. The maximum Gasteiger partial charge on any atom is 0.306 e. The van der Waals surface area contributed by atoms with Crippen molar-refractivity contribution in [3.05, 3.63) is 0 Å². The first-order valence-electron chi connectivity index (χ1n) is 18.9. The largest absolute Gasteiger partial charge is 0.462 e. The number of hydrogen-bond acceptors (Lipinski definition) is 6. The molecule has 0 aromatic carbocycles. The zero-order valence-corrected chi connectivity index (χ0v) is 29.6. The SMILES string of the molecule is CCCCCCCCCCCCCC(=O)OC[C@@H](COC(=O)CCCCCCCCCC(C)C)OC(=O)CCCCCCC. The van der Waals surface area contributed by atoms with Crippen molar-refractivity contribution in [2.45, 2.75) is 207 Å². The van der Waals surface area contributed by atoms with Crippen molar-refractivity contribution in [3.63, 3.8) is 0 Å². The van der Waals surface area contributed by atoms with Gasteiger partial charge in [0.05, 0.1) is 0 Å². The molecular weight excluding hydrogens is 552 g/mol. The molecule has 0 N–H and O–H groups in total. The second-order valence-corrected chi connectivity index (χ2v) is 13.3. The van der Waals surface area contributed by atoms with Gasteiger partial charge in [-0.25, -0.2) is 0 Å². The smallest absolute Gasteiger partial charge is 0.306 e. The molecule has 0 heterocycles. The molecule has 0 saturated heterocycles. The third kappa shape index (κ3) is 31.8. The Kier molecular flexibility index (Phi) is 31.6. The minimum Gasteiger partial charge on any atom is -0.462 e. The zero-order valence-electron chi connectivity index (χ0n) is 29.6. The molecule has 0 aromatic heterocycles. The number of hydrogen-bond donors (Lipinski definition) is 0. The molecule has 0 fully saturated rings. The summed E-state index contributed by atoms with van der Waals surface area (Å²) in [5.41, 5.74) is 0. The summed E-state index contributed by atoms with van der Waals surface area (Å²) >= 11 is 0. The molecule has 0 aliphatic carbocycles. The second kappa shape index (κ2) is 32.8. The minimum atomic E-state index is -0.755. The van der Waals surface area contributed by atoms with Crippen LogP contribution in [0.1, 0.15) is 201 Å². The van der Waals surface area contributed by atoms with Crippen molar-refractivity contribution in [3.8, 4) is 0 Å². The molecule has 0 saturated carbocycles. The van der Waals surface area contributed by atoms with Gasteiger partial charge in [-0.2, -0.15) is 0 Å². The lowest BCUT2D eigenvalue weighted by Crippen LogP contribution is -2.30. The fourth-order valence-corrected chi connectivity index (χ4v) is 5.39. The number of carbonyl (C=O) groups is 3. The van der Waals surface area contributed by atoms with Gasteiger partial charge in [-0.05, 0) is 25.2 Å². The van der Waals surface area contributed by atoms with E-state index in [9.17, 15) is 14.4 Å². The molecule has 0 amide bonds. The summed E-state index contributed by atoms with van der Waals surface area (Å²) in [7, 11) is 0. The lowest BCUT2D eigenvalue weighted by molar-refractivity contribution is -0.167. The number of unbranched alkanes of at least 4 members (excludes halogenated alkanes) is 20. The van der Waals surface area contributed by atoms with Crippen molar-refractivity contribution in [2.75, 3.05) is 13.2 Å². The predicted molar refractivity (Wildman–Crippen MR) is 183 cm³/mol. The molecule has 1 atom stereocenters. The number of carbonyl (C=O) groups excluding carboxylic acids is 3. The van der Waals surface area contributed by atoms with Crippen molar-refractivity contribution in [1.29, 1.82) is 0 Å². The van der Waals surface area contributed by atoms with Crippen LogP contribution in [0.25, 0.3) is 0 Å². The molecule has 0 radical (unpaired) electrons. The van der Waals surface area contributed by atoms with E-state index < -0.39 is 6.10 Å². The average molecular weight is 625 g/mol. The van der Waals surface area contributed by atoms with Gasteiger partial charge >= 0.3 is 17.9 Å². The van der Waals surface area contributed by atoms with Crippen molar-refractivity contribution < 1.29 is 28.6 Å². The summed E-state index contributed by atoms with van der Waals surface area (Å²) in [6.07, 6.45) is 28.4. The Morgan fingerprint density at radius 3 is 1.11 bits per heavy atom. The summed E-state index contributed by atoms with van der Waals surface area (Å²) in [6, 6.07) is 0. The Balaban J connectivity index is 4.25. The van der Waals surface area contributed by atoms with E-state index in [1.165, 1.54) is 89.9 Å². The highest BCUT2D eigenvalue weighted by atomic mass is 16.6. The molecule has 0 rings (SSSR count). The van der Waals surface area contributed by atoms with Crippen LogP contribution in [0.2, 0.25) is 0 Å². The summed E-state index contributed by atoms with van der Waals surface area (Å²) in [5.74, 6) is -0.102. The molecule has 0 unspecified atom stereocenters. The second-order valence-electron chi connectivity index (χ2n) is 13.3. The van der Waals surface area contributed by atoms with Crippen molar-refractivity contribution in [1.82, 2.24) is 0 Å². The third-order valence-electron chi connectivity index (χ3n) is 8.29.